The average molecular weight is 290 g/mol. The predicted molar refractivity (Wildman–Crippen MR) is 63.2 cm³/mol. The van der Waals surface area contributed by atoms with Crippen molar-refractivity contribution >= 4 is 33.2 Å². The van der Waals surface area contributed by atoms with Crippen LogP contribution in [0.15, 0.2) is 22.9 Å². The number of hydrogen-bond donors (Lipinski definition) is 1. The zero-order chi connectivity index (χ0) is 11.0. The molecule has 0 aliphatic carbocycles. The average Bonchev–Trinajstić information content (AvgIpc) is 2.60. The number of nitrogens with zero attached hydrogens (tertiary/aromatic N) is 2. The van der Waals surface area contributed by atoms with Crippen LogP contribution in [0.4, 0.5) is 0 Å². The van der Waals surface area contributed by atoms with E-state index >= 15 is 0 Å². The van der Waals surface area contributed by atoms with Crippen LogP contribution in [0.3, 0.4) is 0 Å². The van der Waals surface area contributed by atoms with Gasteiger partial charge in [0.1, 0.15) is 0 Å². The molecule has 0 bridgehead atoms. The van der Waals surface area contributed by atoms with Crippen molar-refractivity contribution in [3.63, 3.8) is 0 Å². The minimum atomic E-state index is -0.509. The van der Waals surface area contributed by atoms with E-state index in [1.165, 1.54) is 0 Å². The van der Waals surface area contributed by atoms with Crippen molar-refractivity contribution in [2.24, 2.45) is 0 Å². The van der Waals surface area contributed by atoms with Gasteiger partial charge in [-0.1, -0.05) is 18.5 Å². The first kappa shape index (κ1) is 10.9. The Morgan fingerprint density at radius 1 is 1.67 bits per heavy atom. The van der Waals surface area contributed by atoms with Crippen LogP contribution in [-0.4, -0.2) is 14.5 Å². The summed E-state index contributed by atoms with van der Waals surface area (Å²) in [6.45, 7) is 1.92. The molecule has 0 spiro atoms. The fourth-order valence-electron chi connectivity index (χ4n) is 1.49. The van der Waals surface area contributed by atoms with Crippen LogP contribution in [-0.2, 0) is 0 Å². The van der Waals surface area contributed by atoms with Crippen molar-refractivity contribution in [1.29, 1.82) is 0 Å². The molecule has 0 fully saturated rings. The van der Waals surface area contributed by atoms with Crippen LogP contribution in [0.5, 0.6) is 0 Å². The zero-order valence-electron chi connectivity index (χ0n) is 8.11. The second kappa shape index (κ2) is 4.12. The lowest BCUT2D eigenvalue weighted by atomic mass is 10.2. The highest BCUT2D eigenvalue weighted by molar-refractivity contribution is 9.10. The van der Waals surface area contributed by atoms with Crippen LogP contribution >= 0.6 is 27.5 Å². The molecule has 0 aromatic carbocycles. The monoisotopic (exact) mass is 288 g/mol. The molecule has 2 aromatic rings. The van der Waals surface area contributed by atoms with Gasteiger partial charge in [-0.05, 0) is 28.4 Å². The number of aliphatic hydroxyl groups excluding tert-OH is 1. The van der Waals surface area contributed by atoms with Crippen molar-refractivity contribution in [2.75, 3.05) is 0 Å². The number of halogens is 2. The van der Waals surface area contributed by atoms with Crippen molar-refractivity contribution in [3.8, 4) is 0 Å². The molecule has 0 radical (unpaired) electrons. The highest BCUT2D eigenvalue weighted by Gasteiger charge is 2.13. The fraction of sp³-hybridized carbons (Fsp3) is 0.300. The van der Waals surface area contributed by atoms with Gasteiger partial charge in [0.25, 0.3) is 0 Å². The number of hydrogen-bond acceptors (Lipinski definition) is 2. The maximum Gasteiger partial charge on any atom is 0.151 e. The Kier molecular flexibility index (Phi) is 3.00. The molecule has 3 nitrogen and oxygen atoms in total. The molecule has 1 unspecified atom stereocenters. The molecule has 0 saturated carbocycles. The van der Waals surface area contributed by atoms with Gasteiger partial charge >= 0.3 is 0 Å². The summed E-state index contributed by atoms with van der Waals surface area (Å²) in [6.07, 6.45) is 3.57. The van der Waals surface area contributed by atoms with Crippen LogP contribution in [0, 0.1) is 0 Å². The Morgan fingerprint density at radius 3 is 3.07 bits per heavy atom. The van der Waals surface area contributed by atoms with Crippen molar-refractivity contribution < 1.29 is 5.11 Å². The minimum absolute atomic E-state index is 0.509. The highest BCUT2D eigenvalue weighted by Crippen LogP contribution is 2.25. The van der Waals surface area contributed by atoms with E-state index in [1.54, 1.807) is 22.9 Å². The molecule has 0 aliphatic heterocycles. The van der Waals surface area contributed by atoms with Crippen LogP contribution < -0.4 is 0 Å². The standard InChI is InChI=1S/C10H10BrClN2O/c1-2-9(15)8-4-13-10-7(11)3-6(12)5-14(8)10/h3-5,9,15H,2H2,1H3. The van der Waals surface area contributed by atoms with Crippen molar-refractivity contribution in [1.82, 2.24) is 9.38 Å². The lowest BCUT2D eigenvalue weighted by Crippen LogP contribution is -2.00. The van der Waals surface area contributed by atoms with E-state index < -0.39 is 6.10 Å². The molecule has 80 valence electrons. The maximum atomic E-state index is 9.78. The second-order valence-electron chi connectivity index (χ2n) is 3.31. The summed E-state index contributed by atoms with van der Waals surface area (Å²) in [5, 5.41) is 10.4. The summed E-state index contributed by atoms with van der Waals surface area (Å²) in [5.41, 5.74) is 1.53. The maximum absolute atomic E-state index is 9.78. The summed E-state index contributed by atoms with van der Waals surface area (Å²) in [7, 11) is 0. The number of aliphatic hydroxyl groups is 1. The Bertz CT molecular complexity index is 497. The van der Waals surface area contributed by atoms with Crippen LogP contribution in [0.25, 0.3) is 5.65 Å². The Labute approximate surface area is 101 Å². The third-order valence-corrected chi connectivity index (χ3v) is 3.07. The summed E-state index contributed by atoms with van der Waals surface area (Å²) < 4.78 is 2.63. The SMILES string of the molecule is CCC(O)c1cnc2c(Br)cc(Cl)cn12. The second-order valence-corrected chi connectivity index (χ2v) is 4.60. The molecule has 0 aliphatic rings. The molecule has 2 heterocycles. The molecular weight excluding hydrogens is 279 g/mol. The Morgan fingerprint density at radius 2 is 2.40 bits per heavy atom. The number of rotatable bonds is 2. The van der Waals surface area contributed by atoms with Crippen LogP contribution in [0.1, 0.15) is 25.1 Å². The normalized spacial score (nSPS) is 13.3. The molecule has 15 heavy (non-hydrogen) atoms. The van der Waals surface area contributed by atoms with Gasteiger partial charge < -0.3 is 5.11 Å². The topological polar surface area (TPSA) is 37.5 Å². The molecule has 0 saturated heterocycles. The van der Waals surface area contributed by atoms with E-state index in [0.717, 1.165) is 15.8 Å². The number of imidazole rings is 1. The van der Waals surface area contributed by atoms with Gasteiger partial charge in [0.05, 0.1) is 27.5 Å². The summed E-state index contributed by atoms with van der Waals surface area (Å²) in [6, 6.07) is 1.78. The van der Waals surface area contributed by atoms with E-state index in [0.29, 0.717) is 11.4 Å². The van der Waals surface area contributed by atoms with Gasteiger partial charge in [-0.3, -0.25) is 4.40 Å². The summed E-state index contributed by atoms with van der Waals surface area (Å²) in [5.74, 6) is 0. The quantitative estimate of drug-likeness (QED) is 0.922. The first-order valence-electron chi connectivity index (χ1n) is 4.63. The fourth-order valence-corrected chi connectivity index (χ4v) is 2.37. The van der Waals surface area contributed by atoms with Crippen LogP contribution in [0.2, 0.25) is 5.02 Å². The van der Waals surface area contributed by atoms with Gasteiger partial charge in [0, 0.05) is 6.20 Å². The van der Waals surface area contributed by atoms with Gasteiger partial charge in [0.2, 0.25) is 0 Å². The van der Waals surface area contributed by atoms with Gasteiger partial charge in [0.15, 0.2) is 5.65 Å². The van der Waals surface area contributed by atoms with Crippen molar-refractivity contribution in [2.45, 2.75) is 19.4 Å². The molecule has 2 aromatic heterocycles. The zero-order valence-corrected chi connectivity index (χ0v) is 10.5. The molecular formula is C10H10BrClN2O. The van der Waals surface area contributed by atoms with Gasteiger partial charge in [-0.15, -0.1) is 0 Å². The Balaban J connectivity index is 2.68. The highest BCUT2D eigenvalue weighted by atomic mass is 79.9. The summed E-state index contributed by atoms with van der Waals surface area (Å²) >= 11 is 9.32. The third kappa shape index (κ3) is 1.89. The van der Waals surface area contributed by atoms with Gasteiger partial charge in [-0.25, -0.2) is 4.98 Å². The largest absolute Gasteiger partial charge is 0.387 e. The third-order valence-electron chi connectivity index (χ3n) is 2.28. The van der Waals surface area contributed by atoms with E-state index in [1.807, 2.05) is 6.92 Å². The summed E-state index contributed by atoms with van der Waals surface area (Å²) in [4.78, 5) is 4.23. The minimum Gasteiger partial charge on any atom is -0.387 e. The first-order valence-corrected chi connectivity index (χ1v) is 5.80. The van der Waals surface area contributed by atoms with Crippen molar-refractivity contribution in [3.05, 3.63) is 33.6 Å². The molecule has 5 heteroatoms. The number of fused-ring (bicyclic) bond motifs is 1. The van der Waals surface area contributed by atoms with E-state index in [-0.39, 0.29) is 0 Å². The number of aromatic nitrogens is 2. The predicted octanol–water partition coefficient (Wildman–Crippen LogP) is 3.19. The molecule has 1 atom stereocenters. The van der Waals surface area contributed by atoms with E-state index in [4.69, 9.17) is 11.6 Å². The first-order chi connectivity index (χ1) is 7.13. The lowest BCUT2D eigenvalue weighted by molar-refractivity contribution is 0.168. The van der Waals surface area contributed by atoms with E-state index in [2.05, 4.69) is 20.9 Å². The molecule has 1 N–H and O–H groups in total. The Hall–Kier alpha value is -0.580. The van der Waals surface area contributed by atoms with Gasteiger partial charge in [-0.2, -0.15) is 0 Å². The lowest BCUT2D eigenvalue weighted by Gasteiger charge is -2.07. The molecule has 2 rings (SSSR count). The van der Waals surface area contributed by atoms with E-state index in [9.17, 15) is 5.11 Å². The number of pyridine rings is 1. The smallest absolute Gasteiger partial charge is 0.151 e. The molecule has 0 amide bonds.